The van der Waals surface area contributed by atoms with Crippen molar-refractivity contribution < 1.29 is 14.3 Å². The molecule has 2 unspecified atom stereocenters. The van der Waals surface area contributed by atoms with Gasteiger partial charge in [-0.05, 0) is 12.3 Å². The molecule has 0 aliphatic heterocycles. The van der Waals surface area contributed by atoms with Gasteiger partial charge >= 0.3 is 5.97 Å². The molecular formula is C7H9NO3. The van der Waals surface area contributed by atoms with Crippen molar-refractivity contribution >= 4 is 12.0 Å². The number of carbonyl (C=O) groups excluding carboxylic acids is 2. The third-order valence-corrected chi connectivity index (χ3v) is 2.06. The Morgan fingerprint density at radius 3 is 2.64 bits per heavy atom. The lowest BCUT2D eigenvalue weighted by Gasteiger charge is -2.04. The van der Waals surface area contributed by atoms with E-state index in [9.17, 15) is 9.59 Å². The van der Waals surface area contributed by atoms with E-state index in [4.69, 9.17) is 0 Å². The van der Waals surface area contributed by atoms with Crippen molar-refractivity contribution in [1.82, 2.24) is 0 Å². The summed E-state index contributed by atoms with van der Waals surface area (Å²) in [4.78, 5) is 24.4. The molecule has 0 amide bonds. The van der Waals surface area contributed by atoms with Crippen molar-refractivity contribution in [2.24, 2.45) is 10.9 Å². The molecule has 1 rings (SSSR count). The van der Waals surface area contributed by atoms with Gasteiger partial charge in [-0.2, -0.15) is 4.99 Å². The Labute approximate surface area is 64.3 Å². The van der Waals surface area contributed by atoms with Crippen LogP contribution in [0.15, 0.2) is 4.99 Å². The zero-order valence-corrected chi connectivity index (χ0v) is 6.46. The van der Waals surface area contributed by atoms with Crippen molar-refractivity contribution in [1.29, 1.82) is 0 Å². The third kappa shape index (κ3) is 1.05. The Morgan fingerprint density at radius 1 is 1.82 bits per heavy atom. The van der Waals surface area contributed by atoms with Crippen LogP contribution in [-0.4, -0.2) is 24.7 Å². The van der Waals surface area contributed by atoms with E-state index in [0.29, 0.717) is 6.42 Å². The minimum atomic E-state index is -0.892. The fourth-order valence-electron chi connectivity index (χ4n) is 1.15. The van der Waals surface area contributed by atoms with Gasteiger partial charge in [-0.1, -0.05) is 6.92 Å². The second kappa shape index (κ2) is 2.47. The predicted molar refractivity (Wildman–Crippen MR) is 36.6 cm³/mol. The van der Waals surface area contributed by atoms with Gasteiger partial charge < -0.3 is 4.74 Å². The topological polar surface area (TPSA) is 55.7 Å². The largest absolute Gasteiger partial charge is 0.467 e. The predicted octanol–water partition coefficient (Wildman–Crippen LogP) is 0.274. The highest BCUT2D eigenvalue weighted by Crippen LogP contribution is 2.47. The maximum absolute atomic E-state index is 11.0. The second-order valence-corrected chi connectivity index (χ2v) is 2.72. The van der Waals surface area contributed by atoms with Crippen molar-refractivity contribution in [3.05, 3.63) is 0 Å². The summed E-state index contributed by atoms with van der Waals surface area (Å²) in [6.07, 6.45) is 1.98. The van der Waals surface area contributed by atoms with Crippen molar-refractivity contribution in [3.8, 4) is 0 Å². The maximum Gasteiger partial charge on any atom is 0.334 e. The highest BCUT2D eigenvalue weighted by molar-refractivity contribution is 5.86. The number of hydrogen-bond donors (Lipinski definition) is 0. The summed E-state index contributed by atoms with van der Waals surface area (Å²) < 4.78 is 4.49. The minimum absolute atomic E-state index is 0.108. The molecule has 4 heteroatoms. The molecule has 2 atom stereocenters. The van der Waals surface area contributed by atoms with E-state index >= 15 is 0 Å². The van der Waals surface area contributed by atoms with E-state index in [1.54, 1.807) is 0 Å². The normalized spacial score (nSPS) is 33.8. The van der Waals surface area contributed by atoms with Gasteiger partial charge in [0.2, 0.25) is 6.08 Å². The number of esters is 1. The molecule has 1 saturated carbocycles. The number of hydrogen-bond acceptors (Lipinski definition) is 4. The van der Waals surface area contributed by atoms with Gasteiger partial charge in [0, 0.05) is 0 Å². The van der Waals surface area contributed by atoms with Gasteiger partial charge in [0.1, 0.15) is 0 Å². The molecule has 0 aromatic rings. The average Bonchev–Trinajstić information content (AvgIpc) is 2.62. The summed E-state index contributed by atoms with van der Waals surface area (Å²) in [5, 5.41) is 0. The Kier molecular flexibility index (Phi) is 1.79. The lowest BCUT2D eigenvalue weighted by Crippen LogP contribution is -2.23. The standard InChI is InChI=1S/C7H9NO3/c1-5-3-7(5,8-4-9)6(10)11-2/h5H,3H2,1-2H3. The van der Waals surface area contributed by atoms with Gasteiger partial charge in [0.25, 0.3) is 0 Å². The molecule has 60 valence electrons. The van der Waals surface area contributed by atoms with E-state index in [1.807, 2.05) is 6.92 Å². The summed E-state index contributed by atoms with van der Waals surface area (Å²) in [6.45, 7) is 1.84. The first kappa shape index (κ1) is 7.95. The van der Waals surface area contributed by atoms with E-state index < -0.39 is 11.5 Å². The molecule has 0 aromatic heterocycles. The van der Waals surface area contributed by atoms with Gasteiger partial charge in [0.05, 0.1) is 7.11 Å². The molecule has 0 saturated heterocycles. The molecule has 11 heavy (non-hydrogen) atoms. The van der Waals surface area contributed by atoms with Crippen LogP contribution in [0.25, 0.3) is 0 Å². The van der Waals surface area contributed by atoms with E-state index in [1.165, 1.54) is 13.2 Å². The van der Waals surface area contributed by atoms with Gasteiger partial charge in [-0.15, -0.1) is 0 Å². The van der Waals surface area contributed by atoms with Crippen LogP contribution in [-0.2, 0) is 14.3 Å². The fraction of sp³-hybridized carbons (Fsp3) is 0.714. The molecule has 0 bridgehead atoms. The smallest absolute Gasteiger partial charge is 0.334 e. The number of aliphatic imine (C=N–C) groups is 1. The molecule has 0 heterocycles. The monoisotopic (exact) mass is 155 g/mol. The number of methoxy groups -OCH3 is 1. The fourth-order valence-corrected chi connectivity index (χ4v) is 1.15. The first-order valence-electron chi connectivity index (χ1n) is 3.35. The van der Waals surface area contributed by atoms with E-state index in [-0.39, 0.29) is 5.92 Å². The second-order valence-electron chi connectivity index (χ2n) is 2.72. The Morgan fingerprint density at radius 2 is 2.36 bits per heavy atom. The lowest BCUT2D eigenvalue weighted by atomic mass is 10.2. The summed E-state index contributed by atoms with van der Waals surface area (Å²) >= 11 is 0. The zero-order chi connectivity index (χ0) is 8.48. The van der Waals surface area contributed by atoms with Crippen LogP contribution in [0.2, 0.25) is 0 Å². The SMILES string of the molecule is COC(=O)C1(N=C=O)CC1C. The molecule has 0 aromatic carbocycles. The zero-order valence-electron chi connectivity index (χ0n) is 6.46. The summed E-state index contributed by atoms with van der Waals surface area (Å²) in [6, 6.07) is 0. The van der Waals surface area contributed by atoms with Crippen LogP contribution >= 0.6 is 0 Å². The highest BCUT2D eigenvalue weighted by atomic mass is 16.5. The Bertz CT molecular complexity index is 232. The van der Waals surface area contributed by atoms with Crippen LogP contribution in [0.5, 0.6) is 0 Å². The molecule has 1 fully saturated rings. The van der Waals surface area contributed by atoms with Gasteiger partial charge in [-0.25, -0.2) is 9.59 Å². The molecule has 0 spiro atoms. The number of ether oxygens (including phenoxy) is 1. The number of isocyanates is 1. The van der Waals surface area contributed by atoms with Crippen molar-refractivity contribution in [3.63, 3.8) is 0 Å². The summed E-state index contributed by atoms with van der Waals surface area (Å²) in [7, 11) is 1.29. The van der Waals surface area contributed by atoms with Crippen LogP contribution in [0, 0.1) is 5.92 Å². The Balaban J connectivity index is 2.79. The number of rotatable bonds is 2. The first-order valence-corrected chi connectivity index (χ1v) is 3.35. The van der Waals surface area contributed by atoms with Crippen LogP contribution < -0.4 is 0 Å². The average molecular weight is 155 g/mol. The molecule has 1 aliphatic carbocycles. The lowest BCUT2D eigenvalue weighted by molar-refractivity contribution is -0.143. The number of nitrogens with zero attached hydrogens (tertiary/aromatic N) is 1. The Hall–Kier alpha value is -1.15. The van der Waals surface area contributed by atoms with E-state index in [2.05, 4.69) is 9.73 Å². The van der Waals surface area contributed by atoms with Crippen LogP contribution in [0.1, 0.15) is 13.3 Å². The summed E-state index contributed by atoms with van der Waals surface area (Å²) in [5.41, 5.74) is -0.892. The molecule has 4 nitrogen and oxygen atoms in total. The minimum Gasteiger partial charge on any atom is -0.467 e. The van der Waals surface area contributed by atoms with Crippen molar-refractivity contribution in [2.45, 2.75) is 18.9 Å². The van der Waals surface area contributed by atoms with E-state index in [0.717, 1.165) is 0 Å². The maximum atomic E-state index is 11.0. The quantitative estimate of drug-likeness (QED) is 0.327. The molecule has 0 N–H and O–H groups in total. The van der Waals surface area contributed by atoms with Crippen LogP contribution in [0.4, 0.5) is 0 Å². The summed E-state index contributed by atoms with van der Waals surface area (Å²) in [5.74, 6) is -0.329. The molecule has 0 radical (unpaired) electrons. The molecular weight excluding hydrogens is 146 g/mol. The van der Waals surface area contributed by atoms with Gasteiger partial charge in [0.15, 0.2) is 5.54 Å². The third-order valence-electron chi connectivity index (χ3n) is 2.06. The van der Waals surface area contributed by atoms with Gasteiger partial charge in [-0.3, -0.25) is 0 Å². The van der Waals surface area contributed by atoms with Crippen molar-refractivity contribution in [2.75, 3.05) is 7.11 Å². The molecule has 1 aliphatic rings. The first-order chi connectivity index (χ1) is 5.17. The van der Waals surface area contributed by atoms with Crippen LogP contribution in [0.3, 0.4) is 0 Å². The highest BCUT2D eigenvalue weighted by Gasteiger charge is 2.59. The number of carbonyl (C=O) groups is 1.